The molecule has 0 radical (unpaired) electrons. The summed E-state index contributed by atoms with van der Waals surface area (Å²) in [5.74, 6) is 0.400. The molecule has 7 heteroatoms. The van der Waals surface area contributed by atoms with Gasteiger partial charge in [0, 0.05) is 18.3 Å². The highest BCUT2D eigenvalue weighted by Crippen LogP contribution is 2.30. The summed E-state index contributed by atoms with van der Waals surface area (Å²) in [5, 5.41) is 10.1. The monoisotopic (exact) mass is 342 g/mol. The predicted octanol–water partition coefficient (Wildman–Crippen LogP) is 1.79. The fourth-order valence-corrected chi connectivity index (χ4v) is 2.98. The predicted molar refractivity (Wildman–Crippen MR) is 93.5 cm³/mol. The van der Waals surface area contributed by atoms with Gasteiger partial charge in [-0.05, 0) is 38.5 Å². The van der Waals surface area contributed by atoms with Crippen LogP contribution in [0.2, 0.25) is 0 Å². The zero-order valence-corrected chi connectivity index (χ0v) is 14.8. The van der Waals surface area contributed by atoms with E-state index in [4.69, 9.17) is 4.74 Å². The third-order valence-corrected chi connectivity index (χ3v) is 4.51. The first-order valence-electron chi connectivity index (χ1n) is 8.20. The van der Waals surface area contributed by atoms with Crippen LogP contribution < -0.4 is 15.4 Å². The van der Waals surface area contributed by atoms with Crippen LogP contribution in [0.3, 0.4) is 0 Å². The lowest BCUT2D eigenvalue weighted by molar-refractivity contribution is -0.121. The first kappa shape index (κ1) is 17.0. The Labute approximate surface area is 146 Å². The van der Waals surface area contributed by atoms with Crippen molar-refractivity contribution in [1.82, 2.24) is 15.1 Å². The van der Waals surface area contributed by atoms with E-state index < -0.39 is 0 Å². The molecule has 2 amide bonds. The zero-order valence-electron chi connectivity index (χ0n) is 14.8. The molecule has 1 aromatic carbocycles. The van der Waals surface area contributed by atoms with E-state index in [0.29, 0.717) is 17.9 Å². The molecular formula is C18H22N4O3. The minimum Gasteiger partial charge on any atom is -0.482 e. The first-order valence-corrected chi connectivity index (χ1v) is 8.20. The smallest absolute Gasteiger partial charge is 0.262 e. The van der Waals surface area contributed by atoms with Crippen LogP contribution in [0.4, 0.5) is 5.69 Å². The summed E-state index contributed by atoms with van der Waals surface area (Å²) >= 11 is 0. The molecule has 3 rings (SSSR count). The van der Waals surface area contributed by atoms with Crippen molar-refractivity contribution in [3.8, 4) is 5.75 Å². The quantitative estimate of drug-likeness (QED) is 0.887. The molecule has 7 nitrogen and oxygen atoms in total. The van der Waals surface area contributed by atoms with Gasteiger partial charge in [0.1, 0.15) is 5.75 Å². The summed E-state index contributed by atoms with van der Waals surface area (Å²) in [4.78, 5) is 23.8. The van der Waals surface area contributed by atoms with Gasteiger partial charge in [-0.15, -0.1) is 0 Å². The lowest BCUT2D eigenvalue weighted by Gasteiger charge is -2.21. The van der Waals surface area contributed by atoms with Crippen molar-refractivity contribution < 1.29 is 14.3 Å². The maximum absolute atomic E-state index is 12.4. The van der Waals surface area contributed by atoms with Crippen molar-refractivity contribution in [2.45, 2.75) is 33.2 Å². The number of hydrogen-bond donors (Lipinski definition) is 2. The second-order valence-electron chi connectivity index (χ2n) is 6.33. The number of rotatable bonds is 4. The summed E-state index contributed by atoms with van der Waals surface area (Å²) in [6.45, 7) is 5.81. The lowest BCUT2D eigenvalue weighted by Crippen LogP contribution is -2.29. The van der Waals surface area contributed by atoms with Crippen LogP contribution in [0, 0.1) is 13.8 Å². The van der Waals surface area contributed by atoms with Crippen LogP contribution in [-0.4, -0.2) is 28.2 Å². The van der Waals surface area contributed by atoms with Crippen molar-refractivity contribution >= 4 is 17.5 Å². The molecule has 2 aromatic rings. The summed E-state index contributed by atoms with van der Waals surface area (Å²) in [7, 11) is 1.87. The van der Waals surface area contributed by atoms with Crippen molar-refractivity contribution in [2.75, 3.05) is 11.9 Å². The maximum Gasteiger partial charge on any atom is 0.262 e. The number of aromatic nitrogens is 2. The normalized spacial score (nSPS) is 14.3. The first-order chi connectivity index (χ1) is 11.8. The van der Waals surface area contributed by atoms with Crippen molar-refractivity contribution in [2.24, 2.45) is 7.05 Å². The Morgan fingerprint density at radius 3 is 2.88 bits per heavy atom. The van der Waals surface area contributed by atoms with Gasteiger partial charge >= 0.3 is 0 Å². The molecule has 2 N–H and O–H groups in total. The zero-order chi connectivity index (χ0) is 18.1. The van der Waals surface area contributed by atoms with Crippen molar-refractivity contribution in [3.05, 3.63) is 40.7 Å². The van der Waals surface area contributed by atoms with Gasteiger partial charge in [-0.25, -0.2) is 0 Å². The van der Waals surface area contributed by atoms with Crippen LogP contribution in [0.1, 0.15) is 35.5 Å². The van der Waals surface area contributed by atoms with Gasteiger partial charge in [-0.1, -0.05) is 6.07 Å². The van der Waals surface area contributed by atoms with E-state index in [1.54, 1.807) is 4.68 Å². The van der Waals surface area contributed by atoms with Gasteiger partial charge in [-0.2, -0.15) is 5.10 Å². The van der Waals surface area contributed by atoms with Crippen LogP contribution in [-0.2, 0) is 23.1 Å². The average Bonchev–Trinajstić information content (AvgIpc) is 2.80. The number of carbonyl (C=O) groups excluding carboxylic acids is 2. The van der Waals surface area contributed by atoms with Crippen molar-refractivity contribution in [3.63, 3.8) is 0 Å². The van der Waals surface area contributed by atoms with Crippen LogP contribution in [0.15, 0.2) is 18.2 Å². The highest BCUT2D eigenvalue weighted by Gasteiger charge is 2.19. The van der Waals surface area contributed by atoms with E-state index >= 15 is 0 Å². The van der Waals surface area contributed by atoms with Gasteiger partial charge in [0.15, 0.2) is 6.61 Å². The Morgan fingerprint density at radius 1 is 1.44 bits per heavy atom. The Balaban J connectivity index is 1.69. The summed E-state index contributed by atoms with van der Waals surface area (Å²) in [6, 6.07) is 5.34. The number of benzene rings is 1. The fourth-order valence-electron chi connectivity index (χ4n) is 2.98. The molecule has 0 aliphatic carbocycles. The van der Waals surface area contributed by atoms with E-state index in [1.165, 1.54) is 0 Å². The molecular weight excluding hydrogens is 320 g/mol. The number of nitrogens with one attached hydrogen (secondary N) is 2. The summed E-state index contributed by atoms with van der Waals surface area (Å²) < 4.78 is 7.14. The minimum absolute atomic E-state index is 0.0302. The molecule has 25 heavy (non-hydrogen) atoms. The van der Waals surface area contributed by atoms with Crippen molar-refractivity contribution in [1.29, 1.82) is 0 Å². The van der Waals surface area contributed by atoms with E-state index in [-0.39, 0.29) is 24.5 Å². The number of hydrogen-bond acceptors (Lipinski definition) is 4. The van der Waals surface area contributed by atoms with Crippen LogP contribution >= 0.6 is 0 Å². The Morgan fingerprint density at radius 2 is 2.20 bits per heavy atom. The summed E-state index contributed by atoms with van der Waals surface area (Å²) in [5.41, 5.74) is 4.36. The third kappa shape index (κ3) is 3.50. The molecule has 0 spiro atoms. The molecule has 0 saturated carbocycles. The standard InChI is InChI=1S/C18H22N4O3/c1-10(13-5-6-16-15(7-13)20-18(24)9-25-16)19-17(23)8-14-11(2)21-22(4)12(14)3/h5-7,10H,8-9H2,1-4H3,(H,19,23)(H,20,24). The number of nitrogens with zero attached hydrogens (tertiary/aromatic N) is 2. The topological polar surface area (TPSA) is 85.3 Å². The molecule has 1 unspecified atom stereocenters. The highest BCUT2D eigenvalue weighted by atomic mass is 16.5. The number of ether oxygens (including phenoxy) is 1. The van der Waals surface area contributed by atoms with Crippen LogP contribution in [0.25, 0.3) is 0 Å². The van der Waals surface area contributed by atoms with E-state index in [1.807, 2.05) is 46.0 Å². The van der Waals surface area contributed by atoms with Gasteiger partial charge in [0.05, 0.1) is 23.8 Å². The van der Waals surface area contributed by atoms with Gasteiger partial charge in [-0.3, -0.25) is 14.3 Å². The third-order valence-electron chi connectivity index (χ3n) is 4.51. The average molecular weight is 342 g/mol. The number of aryl methyl sites for hydroxylation is 2. The van der Waals surface area contributed by atoms with E-state index in [9.17, 15) is 9.59 Å². The fraction of sp³-hybridized carbons (Fsp3) is 0.389. The second-order valence-corrected chi connectivity index (χ2v) is 6.33. The number of fused-ring (bicyclic) bond motifs is 1. The molecule has 132 valence electrons. The van der Waals surface area contributed by atoms with Gasteiger partial charge in [0.25, 0.3) is 5.91 Å². The molecule has 0 saturated heterocycles. The Kier molecular flexibility index (Phi) is 4.48. The Bertz CT molecular complexity index is 841. The number of amides is 2. The molecule has 2 heterocycles. The Hall–Kier alpha value is -2.83. The maximum atomic E-state index is 12.4. The molecule has 1 aliphatic heterocycles. The molecule has 1 aromatic heterocycles. The summed E-state index contributed by atoms with van der Waals surface area (Å²) in [6.07, 6.45) is 0.292. The molecule has 1 atom stereocenters. The largest absolute Gasteiger partial charge is 0.482 e. The van der Waals surface area contributed by atoms with Crippen LogP contribution in [0.5, 0.6) is 5.75 Å². The lowest BCUT2D eigenvalue weighted by atomic mass is 10.1. The van der Waals surface area contributed by atoms with E-state index in [2.05, 4.69) is 15.7 Å². The number of carbonyl (C=O) groups is 2. The SMILES string of the molecule is Cc1nn(C)c(C)c1CC(=O)NC(C)c1ccc2c(c1)NC(=O)CO2. The minimum atomic E-state index is -0.186. The highest BCUT2D eigenvalue weighted by molar-refractivity contribution is 5.95. The second kappa shape index (κ2) is 6.58. The molecule has 0 bridgehead atoms. The van der Waals surface area contributed by atoms with Gasteiger partial charge in [0.2, 0.25) is 5.91 Å². The molecule has 0 fully saturated rings. The van der Waals surface area contributed by atoms with Gasteiger partial charge < -0.3 is 15.4 Å². The molecule has 1 aliphatic rings. The van der Waals surface area contributed by atoms with E-state index in [0.717, 1.165) is 22.5 Å². The number of anilines is 1.